The van der Waals surface area contributed by atoms with E-state index in [1.165, 1.54) is 4.57 Å². The summed E-state index contributed by atoms with van der Waals surface area (Å²) in [4.78, 5) is 29.7. The average Bonchev–Trinajstić information content (AvgIpc) is 2.69. The number of aromatic carboxylic acids is 1. The Kier molecular flexibility index (Phi) is 5.81. The maximum atomic E-state index is 13.1. The standard InChI is InChI=1S/C22H22N2O3/c1-2-3-14-18-23-20(17-12-8-5-9-13-17)19(22(26)27)21(25)24(18)15-16-10-6-4-7-11-16/h4-13H,2-3,14-15H2,1H3,(H,26,27). The van der Waals surface area contributed by atoms with E-state index >= 15 is 0 Å². The number of hydrogen-bond acceptors (Lipinski definition) is 3. The van der Waals surface area contributed by atoms with E-state index < -0.39 is 11.5 Å². The van der Waals surface area contributed by atoms with Crippen LogP contribution in [0.1, 0.15) is 41.5 Å². The molecule has 0 saturated carbocycles. The molecule has 5 heteroatoms. The number of benzene rings is 2. The first kappa shape index (κ1) is 18.6. The van der Waals surface area contributed by atoms with Gasteiger partial charge in [0.15, 0.2) is 5.56 Å². The molecular weight excluding hydrogens is 340 g/mol. The fourth-order valence-corrected chi connectivity index (χ4v) is 3.05. The summed E-state index contributed by atoms with van der Waals surface area (Å²) >= 11 is 0. The van der Waals surface area contributed by atoms with Crippen molar-refractivity contribution in [3.05, 3.63) is 88.0 Å². The molecule has 0 saturated heterocycles. The van der Waals surface area contributed by atoms with Crippen LogP contribution in [0.2, 0.25) is 0 Å². The number of unbranched alkanes of at least 4 members (excludes halogenated alkanes) is 1. The van der Waals surface area contributed by atoms with Gasteiger partial charge in [-0.25, -0.2) is 9.78 Å². The van der Waals surface area contributed by atoms with E-state index in [2.05, 4.69) is 11.9 Å². The van der Waals surface area contributed by atoms with Crippen molar-refractivity contribution in [2.24, 2.45) is 0 Å². The Hall–Kier alpha value is -3.21. The zero-order valence-electron chi connectivity index (χ0n) is 15.3. The Balaban J connectivity index is 2.21. The lowest BCUT2D eigenvalue weighted by Crippen LogP contribution is -2.32. The summed E-state index contributed by atoms with van der Waals surface area (Å²) in [5.74, 6) is -0.634. The molecule has 138 valence electrons. The fourth-order valence-electron chi connectivity index (χ4n) is 3.05. The number of carboxylic acids is 1. The lowest BCUT2D eigenvalue weighted by Gasteiger charge is -2.16. The minimum atomic E-state index is -1.25. The van der Waals surface area contributed by atoms with Crippen molar-refractivity contribution >= 4 is 5.97 Å². The Morgan fingerprint density at radius 3 is 2.26 bits per heavy atom. The van der Waals surface area contributed by atoms with Crippen LogP contribution in [0.4, 0.5) is 0 Å². The topological polar surface area (TPSA) is 72.2 Å². The Morgan fingerprint density at radius 1 is 1.04 bits per heavy atom. The summed E-state index contributed by atoms with van der Waals surface area (Å²) in [5, 5.41) is 9.71. The van der Waals surface area contributed by atoms with Crippen molar-refractivity contribution in [3.63, 3.8) is 0 Å². The van der Waals surface area contributed by atoms with Crippen molar-refractivity contribution in [2.75, 3.05) is 0 Å². The molecule has 1 aromatic heterocycles. The molecule has 27 heavy (non-hydrogen) atoms. The van der Waals surface area contributed by atoms with Gasteiger partial charge in [0.05, 0.1) is 12.2 Å². The summed E-state index contributed by atoms with van der Waals surface area (Å²) < 4.78 is 1.50. The third kappa shape index (κ3) is 4.14. The van der Waals surface area contributed by atoms with Gasteiger partial charge in [0.2, 0.25) is 0 Å². The molecule has 0 aliphatic heterocycles. The zero-order chi connectivity index (χ0) is 19.2. The van der Waals surface area contributed by atoms with Gasteiger partial charge < -0.3 is 5.11 Å². The summed E-state index contributed by atoms with van der Waals surface area (Å²) in [6.07, 6.45) is 2.46. The third-order valence-electron chi connectivity index (χ3n) is 4.45. The van der Waals surface area contributed by atoms with Gasteiger partial charge in [-0.05, 0) is 12.0 Å². The highest BCUT2D eigenvalue weighted by Gasteiger charge is 2.22. The second-order valence-corrected chi connectivity index (χ2v) is 6.40. The lowest BCUT2D eigenvalue weighted by atomic mass is 10.1. The molecule has 0 spiro atoms. The van der Waals surface area contributed by atoms with Gasteiger partial charge in [-0.3, -0.25) is 9.36 Å². The van der Waals surface area contributed by atoms with E-state index in [4.69, 9.17) is 0 Å². The number of nitrogens with zero attached hydrogens (tertiary/aromatic N) is 2. The summed E-state index contributed by atoms with van der Waals surface area (Å²) in [6, 6.07) is 18.6. The molecule has 3 aromatic rings. The predicted molar refractivity (Wildman–Crippen MR) is 105 cm³/mol. The average molecular weight is 362 g/mol. The molecule has 1 N–H and O–H groups in total. The van der Waals surface area contributed by atoms with Crippen LogP contribution >= 0.6 is 0 Å². The van der Waals surface area contributed by atoms with Crippen molar-refractivity contribution in [1.82, 2.24) is 9.55 Å². The van der Waals surface area contributed by atoms with Crippen LogP contribution in [-0.4, -0.2) is 20.6 Å². The van der Waals surface area contributed by atoms with Crippen LogP contribution in [-0.2, 0) is 13.0 Å². The van der Waals surface area contributed by atoms with Crippen LogP contribution in [0.3, 0.4) is 0 Å². The van der Waals surface area contributed by atoms with Gasteiger partial charge in [-0.15, -0.1) is 0 Å². The van der Waals surface area contributed by atoms with Gasteiger partial charge in [-0.2, -0.15) is 0 Å². The van der Waals surface area contributed by atoms with Crippen LogP contribution < -0.4 is 5.56 Å². The normalized spacial score (nSPS) is 10.7. The Morgan fingerprint density at radius 2 is 1.67 bits per heavy atom. The van der Waals surface area contributed by atoms with Crippen LogP contribution in [0.5, 0.6) is 0 Å². The largest absolute Gasteiger partial charge is 0.477 e. The second kappa shape index (κ2) is 8.45. The van der Waals surface area contributed by atoms with Crippen molar-refractivity contribution in [3.8, 4) is 11.3 Å². The fraction of sp³-hybridized carbons (Fsp3) is 0.227. The number of hydrogen-bond donors (Lipinski definition) is 1. The van der Waals surface area contributed by atoms with E-state index in [0.29, 0.717) is 24.4 Å². The molecule has 0 amide bonds. The van der Waals surface area contributed by atoms with Crippen molar-refractivity contribution in [1.29, 1.82) is 0 Å². The summed E-state index contributed by atoms with van der Waals surface area (Å²) in [5.41, 5.74) is 1.02. The highest BCUT2D eigenvalue weighted by atomic mass is 16.4. The number of carboxylic acid groups (broad SMARTS) is 1. The molecule has 0 fully saturated rings. The zero-order valence-corrected chi connectivity index (χ0v) is 15.3. The van der Waals surface area contributed by atoms with Crippen LogP contribution in [0.15, 0.2) is 65.5 Å². The monoisotopic (exact) mass is 362 g/mol. The first-order chi connectivity index (χ1) is 13.1. The van der Waals surface area contributed by atoms with Crippen LogP contribution in [0, 0.1) is 0 Å². The van der Waals surface area contributed by atoms with Gasteiger partial charge in [0.25, 0.3) is 5.56 Å². The Bertz CT molecular complexity index is 980. The molecular formula is C22H22N2O3. The quantitative estimate of drug-likeness (QED) is 0.689. The van der Waals surface area contributed by atoms with Crippen LogP contribution in [0.25, 0.3) is 11.3 Å². The van der Waals surface area contributed by atoms with Gasteiger partial charge in [-0.1, -0.05) is 74.0 Å². The van der Waals surface area contributed by atoms with E-state index in [1.807, 2.05) is 48.5 Å². The molecule has 0 unspecified atom stereocenters. The minimum absolute atomic E-state index is 0.239. The maximum absolute atomic E-state index is 13.1. The maximum Gasteiger partial charge on any atom is 0.343 e. The summed E-state index contributed by atoms with van der Waals surface area (Å²) in [7, 11) is 0. The SMILES string of the molecule is CCCCc1nc(-c2ccccc2)c(C(=O)O)c(=O)n1Cc1ccccc1. The predicted octanol–water partition coefficient (Wildman–Crippen LogP) is 4.00. The van der Waals surface area contributed by atoms with Crippen molar-refractivity contribution in [2.45, 2.75) is 32.7 Å². The smallest absolute Gasteiger partial charge is 0.343 e. The van der Waals surface area contributed by atoms with Gasteiger partial charge in [0, 0.05) is 12.0 Å². The van der Waals surface area contributed by atoms with Gasteiger partial charge >= 0.3 is 5.97 Å². The number of aryl methyl sites for hydroxylation is 1. The first-order valence-electron chi connectivity index (χ1n) is 9.08. The third-order valence-corrected chi connectivity index (χ3v) is 4.45. The number of carbonyl (C=O) groups is 1. The first-order valence-corrected chi connectivity index (χ1v) is 9.08. The second-order valence-electron chi connectivity index (χ2n) is 6.40. The highest BCUT2D eigenvalue weighted by Crippen LogP contribution is 2.21. The molecule has 0 aliphatic rings. The number of aromatic nitrogens is 2. The van der Waals surface area contributed by atoms with Crippen molar-refractivity contribution < 1.29 is 9.90 Å². The molecule has 0 aliphatic carbocycles. The molecule has 2 aromatic carbocycles. The van der Waals surface area contributed by atoms with E-state index in [9.17, 15) is 14.7 Å². The van der Waals surface area contributed by atoms with Gasteiger partial charge in [0.1, 0.15) is 5.82 Å². The number of rotatable bonds is 7. The molecule has 3 rings (SSSR count). The molecule has 0 radical (unpaired) electrons. The highest BCUT2D eigenvalue weighted by molar-refractivity contribution is 5.94. The van der Waals surface area contributed by atoms with E-state index in [0.717, 1.165) is 18.4 Å². The Labute approximate surface area is 158 Å². The lowest BCUT2D eigenvalue weighted by molar-refractivity contribution is 0.0694. The molecule has 0 atom stereocenters. The van der Waals surface area contributed by atoms with E-state index in [-0.39, 0.29) is 11.3 Å². The van der Waals surface area contributed by atoms with E-state index in [1.54, 1.807) is 12.1 Å². The molecule has 0 bridgehead atoms. The molecule has 1 heterocycles. The minimum Gasteiger partial charge on any atom is -0.477 e. The molecule has 5 nitrogen and oxygen atoms in total. The summed E-state index contributed by atoms with van der Waals surface area (Å²) in [6.45, 7) is 2.38.